The second kappa shape index (κ2) is 10.0. The van der Waals surface area contributed by atoms with Crippen molar-refractivity contribution in [1.29, 1.82) is 0 Å². The summed E-state index contributed by atoms with van der Waals surface area (Å²) < 4.78 is 24.1. The first-order valence-corrected chi connectivity index (χ1v) is 11.6. The van der Waals surface area contributed by atoms with Crippen molar-refractivity contribution in [2.24, 2.45) is 0 Å². The molecule has 8 heteroatoms. The Morgan fingerprint density at radius 2 is 1.62 bits per heavy atom. The van der Waals surface area contributed by atoms with Crippen LogP contribution in [0.2, 0.25) is 0 Å². The van der Waals surface area contributed by atoms with Gasteiger partial charge in [-0.3, -0.25) is 4.79 Å². The Morgan fingerprint density at radius 3 is 2.30 bits per heavy atom. The van der Waals surface area contributed by atoms with Crippen molar-refractivity contribution < 1.29 is 23.1 Å². The number of amides is 3. The highest BCUT2D eigenvalue weighted by molar-refractivity contribution is 6.06. The molecule has 37 heavy (non-hydrogen) atoms. The number of nitrogens with one attached hydrogen (secondary N) is 3. The van der Waals surface area contributed by atoms with Crippen LogP contribution in [0.25, 0.3) is 22.5 Å². The van der Waals surface area contributed by atoms with Gasteiger partial charge in [0.15, 0.2) is 0 Å². The SMILES string of the molecule is COc1ccc(NC(=O)C2=C(C)NC(=O)N[C@H]2c2ccc(-c3cc(-c4ccc(F)cc4)co3)cc2)cc1. The molecule has 0 fully saturated rings. The molecule has 0 radical (unpaired) electrons. The summed E-state index contributed by atoms with van der Waals surface area (Å²) in [5.74, 6) is 0.692. The zero-order valence-corrected chi connectivity index (χ0v) is 20.2. The van der Waals surface area contributed by atoms with Crippen LogP contribution in [0.15, 0.2) is 101 Å². The fraction of sp³-hybridized carbons (Fsp3) is 0.103. The molecule has 3 aromatic carbocycles. The Kier molecular flexibility index (Phi) is 6.47. The molecule has 4 aromatic rings. The molecule has 1 atom stereocenters. The van der Waals surface area contributed by atoms with Crippen molar-refractivity contribution in [3.05, 3.63) is 108 Å². The van der Waals surface area contributed by atoms with E-state index in [-0.39, 0.29) is 17.8 Å². The average molecular weight is 498 g/mol. The van der Waals surface area contributed by atoms with E-state index < -0.39 is 6.04 Å². The molecule has 0 saturated carbocycles. The number of rotatable bonds is 6. The highest BCUT2D eigenvalue weighted by atomic mass is 19.1. The van der Waals surface area contributed by atoms with E-state index in [0.717, 1.165) is 22.3 Å². The van der Waals surface area contributed by atoms with Crippen LogP contribution < -0.4 is 20.7 Å². The molecule has 0 bridgehead atoms. The third kappa shape index (κ3) is 5.08. The molecular weight excluding hydrogens is 473 g/mol. The van der Waals surface area contributed by atoms with Crippen LogP contribution in [0.5, 0.6) is 5.75 Å². The fourth-order valence-corrected chi connectivity index (χ4v) is 4.24. The summed E-state index contributed by atoms with van der Waals surface area (Å²) in [7, 11) is 1.57. The van der Waals surface area contributed by atoms with Crippen LogP contribution in [0.3, 0.4) is 0 Å². The number of allylic oxidation sites excluding steroid dienone is 1. The highest BCUT2D eigenvalue weighted by Crippen LogP contribution is 2.32. The Balaban J connectivity index is 1.38. The summed E-state index contributed by atoms with van der Waals surface area (Å²) in [6, 6.07) is 21.5. The van der Waals surface area contributed by atoms with E-state index in [0.29, 0.717) is 28.5 Å². The smallest absolute Gasteiger partial charge is 0.319 e. The van der Waals surface area contributed by atoms with Crippen molar-refractivity contribution in [2.75, 3.05) is 12.4 Å². The number of ether oxygens (including phenoxy) is 1. The second-order valence-electron chi connectivity index (χ2n) is 8.58. The summed E-state index contributed by atoms with van der Waals surface area (Å²) in [4.78, 5) is 25.5. The summed E-state index contributed by atoms with van der Waals surface area (Å²) in [6.45, 7) is 1.70. The summed E-state index contributed by atoms with van der Waals surface area (Å²) in [6.07, 6.45) is 1.62. The molecule has 3 N–H and O–H groups in total. The highest BCUT2D eigenvalue weighted by Gasteiger charge is 2.31. The first kappa shape index (κ1) is 23.9. The van der Waals surface area contributed by atoms with Gasteiger partial charge in [-0.15, -0.1) is 0 Å². The van der Waals surface area contributed by atoms with Gasteiger partial charge >= 0.3 is 6.03 Å². The number of urea groups is 1. The second-order valence-corrected chi connectivity index (χ2v) is 8.58. The van der Waals surface area contributed by atoms with Crippen LogP contribution >= 0.6 is 0 Å². The van der Waals surface area contributed by atoms with Gasteiger partial charge in [0, 0.05) is 22.5 Å². The molecule has 7 nitrogen and oxygen atoms in total. The number of halogens is 1. The van der Waals surface area contributed by atoms with Crippen LogP contribution in [0, 0.1) is 5.82 Å². The van der Waals surface area contributed by atoms with E-state index in [9.17, 15) is 14.0 Å². The quantitative estimate of drug-likeness (QED) is 0.303. The van der Waals surface area contributed by atoms with Crippen molar-refractivity contribution in [3.63, 3.8) is 0 Å². The Bertz CT molecular complexity index is 1470. The van der Waals surface area contributed by atoms with Crippen LogP contribution in [0.1, 0.15) is 18.5 Å². The van der Waals surface area contributed by atoms with Crippen LogP contribution in [-0.4, -0.2) is 19.0 Å². The lowest BCUT2D eigenvalue weighted by molar-refractivity contribution is -0.113. The molecule has 0 spiro atoms. The first-order chi connectivity index (χ1) is 17.9. The number of furan rings is 1. The average Bonchev–Trinajstić information content (AvgIpc) is 3.39. The van der Waals surface area contributed by atoms with Gasteiger partial charge < -0.3 is 25.1 Å². The maximum Gasteiger partial charge on any atom is 0.319 e. The topological polar surface area (TPSA) is 92.6 Å². The van der Waals surface area contributed by atoms with Crippen LogP contribution in [0.4, 0.5) is 14.9 Å². The molecule has 186 valence electrons. The van der Waals surface area contributed by atoms with E-state index in [4.69, 9.17) is 9.15 Å². The lowest BCUT2D eigenvalue weighted by atomic mass is 9.93. The van der Waals surface area contributed by atoms with Gasteiger partial charge in [-0.1, -0.05) is 36.4 Å². The van der Waals surface area contributed by atoms with Crippen molar-refractivity contribution in [2.45, 2.75) is 13.0 Å². The molecule has 0 unspecified atom stereocenters. The van der Waals surface area contributed by atoms with Gasteiger partial charge in [-0.05, 0) is 60.5 Å². The summed E-state index contributed by atoms with van der Waals surface area (Å²) in [5.41, 5.74) is 4.72. The van der Waals surface area contributed by atoms with Gasteiger partial charge in [0.2, 0.25) is 0 Å². The molecule has 1 aliphatic heterocycles. The molecule has 5 rings (SSSR count). The third-order valence-corrected chi connectivity index (χ3v) is 6.17. The monoisotopic (exact) mass is 497 g/mol. The minimum absolute atomic E-state index is 0.297. The summed E-state index contributed by atoms with van der Waals surface area (Å²) >= 11 is 0. The predicted octanol–water partition coefficient (Wildman–Crippen LogP) is 6.03. The van der Waals surface area contributed by atoms with E-state index >= 15 is 0 Å². The molecule has 2 heterocycles. The zero-order chi connectivity index (χ0) is 25.9. The number of hydrogen-bond donors (Lipinski definition) is 3. The molecule has 0 aliphatic carbocycles. The normalized spacial score (nSPS) is 15.1. The minimum atomic E-state index is -0.646. The molecule has 0 saturated heterocycles. The van der Waals surface area contributed by atoms with E-state index in [1.54, 1.807) is 56.7 Å². The lowest BCUT2D eigenvalue weighted by Crippen LogP contribution is -2.45. The van der Waals surface area contributed by atoms with Gasteiger partial charge in [-0.25, -0.2) is 9.18 Å². The maximum absolute atomic E-state index is 13.2. The molecular formula is C29H24FN3O4. The third-order valence-electron chi connectivity index (χ3n) is 6.17. The fourth-order valence-electron chi connectivity index (χ4n) is 4.24. The number of methoxy groups -OCH3 is 1. The Morgan fingerprint density at radius 1 is 0.946 bits per heavy atom. The zero-order valence-electron chi connectivity index (χ0n) is 20.2. The molecule has 1 aromatic heterocycles. The van der Waals surface area contributed by atoms with Gasteiger partial charge in [0.1, 0.15) is 17.3 Å². The van der Waals surface area contributed by atoms with E-state index in [2.05, 4.69) is 16.0 Å². The minimum Gasteiger partial charge on any atom is -0.497 e. The first-order valence-electron chi connectivity index (χ1n) is 11.6. The van der Waals surface area contributed by atoms with Crippen LogP contribution in [-0.2, 0) is 4.79 Å². The molecule has 1 aliphatic rings. The number of carbonyl (C=O) groups excluding carboxylic acids is 2. The van der Waals surface area contributed by atoms with E-state index in [1.165, 1.54) is 12.1 Å². The van der Waals surface area contributed by atoms with Crippen molar-refractivity contribution in [3.8, 4) is 28.2 Å². The lowest BCUT2D eigenvalue weighted by Gasteiger charge is -2.28. The van der Waals surface area contributed by atoms with Gasteiger partial charge in [0.25, 0.3) is 5.91 Å². The van der Waals surface area contributed by atoms with Crippen molar-refractivity contribution in [1.82, 2.24) is 10.6 Å². The van der Waals surface area contributed by atoms with Gasteiger partial charge in [-0.2, -0.15) is 0 Å². The Labute approximate surface area is 213 Å². The van der Waals surface area contributed by atoms with Crippen molar-refractivity contribution >= 4 is 17.6 Å². The number of benzene rings is 3. The predicted molar refractivity (Wildman–Crippen MR) is 138 cm³/mol. The largest absolute Gasteiger partial charge is 0.497 e. The molecule has 3 amide bonds. The van der Waals surface area contributed by atoms with Gasteiger partial charge in [0.05, 0.1) is 25.0 Å². The number of carbonyl (C=O) groups is 2. The van der Waals surface area contributed by atoms with E-state index in [1.807, 2.05) is 30.3 Å². The summed E-state index contributed by atoms with van der Waals surface area (Å²) in [5, 5.41) is 8.41. The maximum atomic E-state index is 13.2. The Hall–Kier alpha value is -4.85. The number of hydrogen-bond acceptors (Lipinski definition) is 4. The number of anilines is 1. The standard InChI is InChI=1S/C29H24FN3O4/c1-17-26(28(34)32-23-11-13-24(36-2)14-12-23)27(33-29(35)31-17)20-5-3-19(4-6-20)25-15-21(16-37-25)18-7-9-22(30)10-8-18/h3-16,27H,1-2H3,(H,32,34)(H2,31,33,35)/t27-/m0/s1.